The predicted octanol–water partition coefficient (Wildman–Crippen LogP) is 3.23. The second kappa shape index (κ2) is 9.98. The second-order valence-corrected chi connectivity index (χ2v) is 8.40. The van der Waals surface area contributed by atoms with E-state index < -0.39 is 9.84 Å². The molecule has 0 aromatic heterocycles. The average molecular weight is 329 g/mol. The molecule has 0 saturated carbocycles. The number of nitrogens with two attached hydrogens (primary N) is 1. The molecule has 128 valence electrons. The van der Waals surface area contributed by atoms with Crippen LogP contribution in [-0.2, 0) is 9.84 Å². The van der Waals surface area contributed by atoms with Crippen LogP contribution in [0.3, 0.4) is 0 Å². The lowest BCUT2D eigenvalue weighted by Crippen LogP contribution is -2.50. The van der Waals surface area contributed by atoms with Crippen molar-refractivity contribution in [1.82, 2.24) is 5.01 Å². The first-order chi connectivity index (χ1) is 10.1. The molecule has 1 unspecified atom stereocenters. The molecule has 0 aromatic rings. The van der Waals surface area contributed by atoms with Gasteiger partial charge < -0.3 is 0 Å². The summed E-state index contributed by atoms with van der Waals surface area (Å²) < 4.78 is 21.8. The number of sulfone groups is 1. The maximum atomic E-state index is 10.9. The molecule has 1 heterocycles. The van der Waals surface area contributed by atoms with Crippen molar-refractivity contribution < 1.29 is 8.42 Å². The Morgan fingerprint density at radius 2 is 1.77 bits per heavy atom. The summed E-state index contributed by atoms with van der Waals surface area (Å²) in [5, 5.41) is 1.57. The van der Waals surface area contributed by atoms with Gasteiger partial charge in [0, 0.05) is 12.6 Å². The Bertz CT molecular complexity index is 527. The molecule has 4 nitrogen and oxygen atoms in total. The molecule has 2 N–H and O–H groups in total. The van der Waals surface area contributed by atoms with Crippen LogP contribution in [0.2, 0.25) is 0 Å². The smallest absolute Gasteiger partial charge is 0.153 e. The van der Waals surface area contributed by atoms with Gasteiger partial charge >= 0.3 is 0 Å². The summed E-state index contributed by atoms with van der Waals surface area (Å²) in [7, 11) is -2.79. The van der Waals surface area contributed by atoms with E-state index in [0.717, 1.165) is 6.42 Å². The summed E-state index contributed by atoms with van der Waals surface area (Å²) in [4.78, 5) is 0. The first-order valence-corrected chi connectivity index (χ1v) is 9.61. The Labute approximate surface area is 136 Å². The highest BCUT2D eigenvalue weighted by atomic mass is 32.2. The lowest BCUT2D eigenvalue weighted by Gasteiger charge is -2.28. The molecule has 1 fully saturated rings. The predicted molar refractivity (Wildman–Crippen MR) is 96.2 cm³/mol. The molecule has 22 heavy (non-hydrogen) atoms. The molecule has 0 amide bonds. The van der Waals surface area contributed by atoms with Crippen molar-refractivity contribution >= 4 is 9.84 Å². The molecule has 1 aliphatic heterocycles. The molecule has 1 rings (SSSR count). The first-order valence-electron chi connectivity index (χ1n) is 7.79. The van der Waals surface area contributed by atoms with Crippen LogP contribution in [0.25, 0.3) is 0 Å². The summed E-state index contributed by atoms with van der Waals surface area (Å²) in [5.41, 5.74) is 4.04. The van der Waals surface area contributed by atoms with Gasteiger partial charge in [-0.3, -0.25) is 5.84 Å². The quantitative estimate of drug-likeness (QED) is 0.638. The van der Waals surface area contributed by atoms with E-state index in [1.165, 1.54) is 16.7 Å². The van der Waals surface area contributed by atoms with E-state index in [0.29, 0.717) is 6.54 Å². The Kier molecular flexibility index (Phi) is 9.56. The van der Waals surface area contributed by atoms with E-state index in [9.17, 15) is 8.42 Å². The highest BCUT2D eigenvalue weighted by Crippen LogP contribution is 2.07. The van der Waals surface area contributed by atoms with E-state index in [1.54, 1.807) is 5.01 Å². The second-order valence-electron chi connectivity index (χ2n) is 6.17. The largest absolute Gasteiger partial charge is 0.268 e. The Morgan fingerprint density at radius 3 is 2.18 bits per heavy atom. The van der Waals surface area contributed by atoms with Crippen LogP contribution in [0.5, 0.6) is 0 Å². The third-order valence-electron chi connectivity index (χ3n) is 3.22. The SMILES string of the molecule is CC/C=C(C)/C=C(\C)C=C(C)C.CC1CS(=O)(=O)CCN1N. The van der Waals surface area contributed by atoms with Gasteiger partial charge in [0.2, 0.25) is 0 Å². The zero-order valence-corrected chi connectivity index (χ0v) is 15.7. The third-order valence-corrected chi connectivity index (χ3v) is 5.01. The molecule has 0 spiro atoms. The van der Waals surface area contributed by atoms with Gasteiger partial charge in [0.15, 0.2) is 9.84 Å². The number of rotatable bonds is 3. The van der Waals surface area contributed by atoms with Gasteiger partial charge in [-0.25, -0.2) is 13.4 Å². The van der Waals surface area contributed by atoms with Crippen LogP contribution in [0.4, 0.5) is 0 Å². The summed E-state index contributed by atoms with van der Waals surface area (Å²) in [6, 6.07) is -0.0289. The van der Waals surface area contributed by atoms with Crippen molar-refractivity contribution in [3.05, 3.63) is 34.9 Å². The first kappa shape index (κ1) is 21.1. The fraction of sp³-hybridized carbons (Fsp3) is 0.647. The third kappa shape index (κ3) is 9.92. The molecule has 0 aliphatic carbocycles. The van der Waals surface area contributed by atoms with Crippen molar-refractivity contribution in [2.45, 2.75) is 54.0 Å². The van der Waals surface area contributed by atoms with Gasteiger partial charge in [-0.2, -0.15) is 0 Å². The van der Waals surface area contributed by atoms with Crippen molar-refractivity contribution in [2.75, 3.05) is 18.1 Å². The normalized spacial score (nSPS) is 22.6. The van der Waals surface area contributed by atoms with Gasteiger partial charge in [-0.1, -0.05) is 41.9 Å². The van der Waals surface area contributed by atoms with E-state index in [-0.39, 0.29) is 17.5 Å². The maximum Gasteiger partial charge on any atom is 0.153 e. The van der Waals surface area contributed by atoms with E-state index >= 15 is 0 Å². The standard InChI is InChI=1S/C12H20.C5H12N2O2S/c1-6-7-11(4)9-12(5)8-10(2)3;1-5-4-10(8,9)3-2-7(5)6/h7-9H,6H2,1-5H3;5H,2-4,6H2,1H3/b11-7+,12-9+;. The zero-order chi connectivity index (χ0) is 17.3. The molecular formula is C17H32N2O2S. The van der Waals surface area contributed by atoms with E-state index in [4.69, 9.17) is 5.84 Å². The van der Waals surface area contributed by atoms with Crippen LogP contribution in [0.15, 0.2) is 34.9 Å². The number of hydrogen-bond acceptors (Lipinski definition) is 4. The minimum Gasteiger partial charge on any atom is -0.268 e. The summed E-state index contributed by atoms with van der Waals surface area (Å²) in [6.07, 6.45) is 7.77. The monoisotopic (exact) mass is 328 g/mol. The lowest BCUT2D eigenvalue weighted by molar-refractivity contribution is 0.233. The Morgan fingerprint density at radius 1 is 1.18 bits per heavy atom. The molecule has 0 radical (unpaired) electrons. The zero-order valence-electron chi connectivity index (χ0n) is 14.9. The van der Waals surface area contributed by atoms with Gasteiger partial charge in [-0.05, 0) is 41.0 Å². The molecule has 5 heteroatoms. The fourth-order valence-electron chi connectivity index (χ4n) is 2.25. The van der Waals surface area contributed by atoms with Crippen molar-refractivity contribution in [3.63, 3.8) is 0 Å². The van der Waals surface area contributed by atoms with Gasteiger partial charge in [0.25, 0.3) is 0 Å². The van der Waals surface area contributed by atoms with Crippen molar-refractivity contribution in [1.29, 1.82) is 0 Å². The van der Waals surface area contributed by atoms with Crippen LogP contribution in [0.1, 0.15) is 48.0 Å². The van der Waals surface area contributed by atoms with E-state index in [1.807, 2.05) is 6.92 Å². The van der Waals surface area contributed by atoms with Gasteiger partial charge in [-0.15, -0.1) is 0 Å². The Hall–Kier alpha value is -0.910. The van der Waals surface area contributed by atoms with Crippen molar-refractivity contribution in [3.8, 4) is 0 Å². The number of allylic oxidation sites excluding steroid dienone is 6. The fourth-order valence-corrected chi connectivity index (χ4v) is 3.83. The summed E-state index contributed by atoms with van der Waals surface area (Å²) >= 11 is 0. The molecule has 0 bridgehead atoms. The topological polar surface area (TPSA) is 63.4 Å². The minimum atomic E-state index is -2.79. The Balaban J connectivity index is 0.000000406. The minimum absolute atomic E-state index is 0.0289. The highest BCUT2D eigenvalue weighted by molar-refractivity contribution is 7.91. The summed E-state index contributed by atoms with van der Waals surface area (Å²) in [5.74, 6) is 5.87. The van der Waals surface area contributed by atoms with Crippen LogP contribution < -0.4 is 5.84 Å². The van der Waals surface area contributed by atoms with Crippen LogP contribution >= 0.6 is 0 Å². The maximum absolute atomic E-state index is 10.9. The van der Waals surface area contributed by atoms with Crippen LogP contribution in [-0.4, -0.2) is 37.5 Å². The molecular weight excluding hydrogens is 296 g/mol. The summed E-state index contributed by atoms with van der Waals surface area (Å²) in [6.45, 7) is 13.0. The van der Waals surface area contributed by atoms with Crippen LogP contribution in [0, 0.1) is 0 Å². The number of hydrazine groups is 1. The molecule has 0 aromatic carbocycles. The van der Waals surface area contributed by atoms with Gasteiger partial charge in [0.05, 0.1) is 11.5 Å². The molecule has 1 atom stereocenters. The van der Waals surface area contributed by atoms with Crippen molar-refractivity contribution in [2.24, 2.45) is 5.84 Å². The highest BCUT2D eigenvalue weighted by Gasteiger charge is 2.25. The average Bonchev–Trinajstić information content (AvgIpc) is 2.33. The molecule has 1 aliphatic rings. The van der Waals surface area contributed by atoms with E-state index in [2.05, 4.69) is 52.8 Å². The lowest BCUT2D eigenvalue weighted by atomic mass is 10.1. The van der Waals surface area contributed by atoms with Gasteiger partial charge in [0.1, 0.15) is 0 Å². The number of hydrogen-bond donors (Lipinski definition) is 1. The number of nitrogens with zero attached hydrogens (tertiary/aromatic N) is 1. The molecule has 1 saturated heterocycles.